The number of rotatable bonds is 2. The normalized spacial score (nSPS) is 25.7. The topological polar surface area (TPSA) is 37.6 Å². The summed E-state index contributed by atoms with van der Waals surface area (Å²) in [6, 6.07) is 0. The molecule has 1 unspecified atom stereocenters. The molecule has 0 radical (unpaired) electrons. The number of hydrogen-bond acceptors (Lipinski definition) is 4. The zero-order valence-electron chi connectivity index (χ0n) is 8.74. The lowest BCUT2D eigenvalue weighted by atomic mass is 10.2. The van der Waals surface area contributed by atoms with E-state index in [0.717, 1.165) is 24.5 Å². The Morgan fingerprint density at radius 2 is 2.20 bits per heavy atom. The molecule has 0 aliphatic carbocycles. The van der Waals surface area contributed by atoms with Gasteiger partial charge in [0.2, 0.25) is 0 Å². The van der Waals surface area contributed by atoms with Gasteiger partial charge in [0.05, 0.1) is 6.54 Å². The maximum atomic E-state index is 5.84. The minimum atomic E-state index is 0.258. The number of anilines is 1. The average Bonchev–Trinajstić information content (AvgIpc) is 2.87. The van der Waals surface area contributed by atoms with E-state index in [1.165, 1.54) is 25.9 Å². The van der Waals surface area contributed by atoms with Gasteiger partial charge in [0.1, 0.15) is 24.3 Å². The molecule has 1 aromatic heterocycles. The van der Waals surface area contributed by atoms with Crippen molar-refractivity contribution in [2.75, 3.05) is 31.5 Å². The lowest BCUT2D eigenvalue weighted by Crippen LogP contribution is -2.40. The third-order valence-electron chi connectivity index (χ3n) is 3.10. The molecule has 3 heterocycles. The predicted molar refractivity (Wildman–Crippen MR) is 57.3 cm³/mol. The van der Waals surface area contributed by atoms with Gasteiger partial charge in [-0.3, -0.25) is 4.90 Å². The quantitative estimate of drug-likeness (QED) is 0.800. The van der Waals surface area contributed by atoms with E-state index in [1.807, 2.05) is 0 Å². The molecule has 0 saturated carbocycles. The molecule has 4 heteroatoms. The molecule has 2 aliphatic heterocycles. The highest BCUT2D eigenvalue weighted by atomic mass is 16.5. The van der Waals surface area contributed by atoms with E-state index in [-0.39, 0.29) is 6.10 Å². The van der Waals surface area contributed by atoms with Gasteiger partial charge in [-0.1, -0.05) is 0 Å². The molecular weight excluding hydrogens is 192 g/mol. The van der Waals surface area contributed by atoms with Crippen molar-refractivity contribution in [1.29, 1.82) is 0 Å². The molecule has 0 spiro atoms. The number of nitrogens with zero attached hydrogens (tertiary/aromatic N) is 1. The fourth-order valence-corrected chi connectivity index (χ4v) is 2.31. The second-order valence-electron chi connectivity index (χ2n) is 4.28. The van der Waals surface area contributed by atoms with Crippen molar-refractivity contribution in [3.8, 4) is 5.75 Å². The Morgan fingerprint density at radius 3 is 3.07 bits per heavy atom. The van der Waals surface area contributed by atoms with Crippen LogP contribution in [0.25, 0.3) is 0 Å². The molecule has 0 bridgehead atoms. The summed E-state index contributed by atoms with van der Waals surface area (Å²) in [5.74, 6) is 0.852. The lowest BCUT2D eigenvalue weighted by molar-refractivity contribution is 0.150. The Labute approximate surface area is 89.2 Å². The molecule has 2 aliphatic rings. The molecule has 1 N–H and O–H groups in total. The van der Waals surface area contributed by atoms with Gasteiger partial charge in [0, 0.05) is 6.54 Å². The molecule has 0 amide bonds. The zero-order valence-corrected chi connectivity index (χ0v) is 8.74. The van der Waals surface area contributed by atoms with Crippen molar-refractivity contribution in [2.24, 2.45) is 0 Å². The molecular formula is C11H16N2O2. The molecule has 1 aromatic rings. The van der Waals surface area contributed by atoms with Crippen molar-refractivity contribution in [2.45, 2.75) is 18.9 Å². The van der Waals surface area contributed by atoms with Crippen LogP contribution >= 0.6 is 0 Å². The van der Waals surface area contributed by atoms with E-state index >= 15 is 0 Å². The van der Waals surface area contributed by atoms with Crippen LogP contribution in [-0.2, 0) is 0 Å². The van der Waals surface area contributed by atoms with Crippen LogP contribution in [0.5, 0.6) is 5.75 Å². The first kappa shape index (κ1) is 9.09. The summed E-state index contributed by atoms with van der Waals surface area (Å²) in [5, 5.41) is 3.32. The van der Waals surface area contributed by atoms with Crippen LogP contribution in [0.4, 0.5) is 5.69 Å². The van der Waals surface area contributed by atoms with Crippen molar-refractivity contribution >= 4 is 5.69 Å². The first-order valence-corrected chi connectivity index (χ1v) is 5.61. The van der Waals surface area contributed by atoms with Crippen molar-refractivity contribution < 1.29 is 9.15 Å². The van der Waals surface area contributed by atoms with Crippen LogP contribution in [0.15, 0.2) is 16.9 Å². The highest BCUT2D eigenvalue weighted by Crippen LogP contribution is 2.30. The first-order chi connectivity index (χ1) is 7.42. The second kappa shape index (κ2) is 3.77. The zero-order chi connectivity index (χ0) is 10.1. The number of likely N-dealkylation sites (tertiary alicyclic amines) is 1. The van der Waals surface area contributed by atoms with Crippen molar-refractivity contribution in [3.63, 3.8) is 0 Å². The largest absolute Gasteiger partial charge is 0.482 e. The smallest absolute Gasteiger partial charge is 0.181 e. The van der Waals surface area contributed by atoms with Crippen LogP contribution in [0.3, 0.4) is 0 Å². The maximum Gasteiger partial charge on any atom is 0.181 e. The molecule has 1 saturated heterocycles. The van der Waals surface area contributed by atoms with Crippen molar-refractivity contribution in [1.82, 2.24) is 4.90 Å². The SMILES string of the molecule is c1occ2c1NCC(CN1CCCC1)O2. The van der Waals surface area contributed by atoms with Gasteiger partial charge in [-0.15, -0.1) is 0 Å². The van der Waals surface area contributed by atoms with E-state index in [9.17, 15) is 0 Å². The maximum absolute atomic E-state index is 5.84. The third-order valence-corrected chi connectivity index (χ3v) is 3.10. The van der Waals surface area contributed by atoms with Gasteiger partial charge < -0.3 is 14.5 Å². The minimum Gasteiger partial charge on any atom is -0.482 e. The van der Waals surface area contributed by atoms with E-state index in [1.54, 1.807) is 12.5 Å². The summed E-state index contributed by atoms with van der Waals surface area (Å²) in [7, 11) is 0. The van der Waals surface area contributed by atoms with Crippen LogP contribution in [0, 0.1) is 0 Å². The number of furan rings is 1. The van der Waals surface area contributed by atoms with E-state index < -0.39 is 0 Å². The number of hydrogen-bond donors (Lipinski definition) is 1. The third kappa shape index (κ3) is 1.81. The van der Waals surface area contributed by atoms with Gasteiger partial charge in [-0.2, -0.15) is 0 Å². The second-order valence-corrected chi connectivity index (χ2v) is 4.28. The Bertz CT molecular complexity index is 331. The van der Waals surface area contributed by atoms with Crippen LogP contribution in [0.1, 0.15) is 12.8 Å². The lowest BCUT2D eigenvalue weighted by Gasteiger charge is -2.28. The van der Waals surface area contributed by atoms with E-state index in [0.29, 0.717) is 0 Å². The fraction of sp³-hybridized carbons (Fsp3) is 0.636. The van der Waals surface area contributed by atoms with E-state index in [2.05, 4.69) is 10.2 Å². The molecule has 1 atom stereocenters. The Morgan fingerprint density at radius 1 is 1.33 bits per heavy atom. The standard InChI is InChI=1S/C11H16N2O2/c1-2-4-13(3-1)6-9-5-12-10-7-14-8-11(10)15-9/h7-9,12H,1-6H2. The Hall–Kier alpha value is -1.16. The monoisotopic (exact) mass is 208 g/mol. The molecule has 1 fully saturated rings. The van der Waals surface area contributed by atoms with Gasteiger partial charge in [-0.05, 0) is 25.9 Å². The highest BCUT2D eigenvalue weighted by molar-refractivity contribution is 5.55. The summed E-state index contributed by atoms with van der Waals surface area (Å²) in [6.07, 6.45) is 6.28. The molecule has 3 rings (SSSR count). The van der Waals surface area contributed by atoms with Crippen LogP contribution in [-0.4, -0.2) is 37.2 Å². The summed E-state index contributed by atoms with van der Waals surface area (Å²) in [5.41, 5.74) is 0.979. The first-order valence-electron chi connectivity index (χ1n) is 5.61. The average molecular weight is 208 g/mol. The Kier molecular flexibility index (Phi) is 2.29. The van der Waals surface area contributed by atoms with Crippen molar-refractivity contribution in [3.05, 3.63) is 12.5 Å². The number of ether oxygens (including phenoxy) is 1. The summed E-state index contributed by atoms with van der Waals surface area (Å²) in [6.45, 7) is 4.34. The van der Waals surface area contributed by atoms with Crippen LogP contribution in [0.2, 0.25) is 0 Å². The predicted octanol–water partition coefficient (Wildman–Crippen LogP) is 1.55. The fourth-order valence-electron chi connectivity index (χ4n) is 2.31. The van der Waals surface area contributed by atoms with Gasteiger partial charge in [0.25, 0.3) is 0 Å². The minimum absolute atomic E-state index is 0.258. The summed E-state index contributed by atoms with van der Waals surface area (Å²) >= 11 is 0. The Balaban J connectivity index is 1.61. The van der Waals surface area contributed by atoms with Gasteiger partial charge >= 0.3 is 0 Å². The van der Waals surface area contributed by atoms with E-state index in [4.69, 9.17) is 9.15 Å². The summed E-state index contributed by atoms with van der Waals surface area (Å²) in [4.78, 5) is 2.47. The molecule has 0 aromatic carbocycles. The summed E-state index contributed by atoms with van der Waals surface area (Å²) < 4.78 is 10.9. The highest BCUT2D eigenvalue weighted by Gasteiger charge is 2.24. The van der Waals surface area contributed by atoms with Gasteiger partial charge in [0.15, 0.2) is 5.75 Å². The molecule has 15 heavy (non-hydrogen) atoms. The molecule has 4 nitrogen and oxygen atoms in total. The van der Waals surface area contributed by atoms with Crippen LogP contribution < -0.4 is 10.1 Å². The van der Waals surface area contributed by atoms with Gasteiger partial charge in [-0.25, -0.2) is 0 Å². The number of fused-ring (bicyclic) bond motifs is 1. The molecule has 82 valence electrons. The number of nitrogens with one attached hydrogen (secondary N) is 1.